The largest absolute Gasteiger partial charge is 0.316 e. The van der Waals surface area contributed by atoms with Crippen LogP contribution in [0.15, 0.2) is 17.0 Å². The van der Waals surface area contributed by atoms with E-state index < -0.39 is 10.0 Å². The first-order valence-corrected chi connectivity index (χ1v) is 8.74. The Morgan fingerprint density at radius 1 is 1.15 bits per heavy atom. The third kappa shape index (κ3) is 4.33. The smallest absolute Gasteiger partial charge is 0.242 e. The van der Waals surface area contributed by atoms with Crippen LogP contribution >= 0.6 is 23.2 Å². The van der Waals surface area contributed by atoms with Crippen molar-refractivity contribution in [2.75, 3.05) is 7.05 Å². The molecule has 0 radical (unpaired) electrons. The molecule has 0 spiro atoms. The lowest BCUT2D eigenvalue weighted by Gasteiger charge is -2.17. The Morgan fingerprint density at radius 3 is 2.25 bits per heavy atom. The molecule has 20 heavy (non-hydrogen) atoms. The maximum absolute atomic E-state index is 12.4. The first kappa shape index (κ1) is 17.7. The maximum atomic E-state index is 12.4. The van der Waals surface area contributed by atoms with Gasteiger partial charge in [0.05, 0.1) is 5.02 Å². The molecule has 0 bridgehead atoms. The monoisotopic (exact) mass is 338 g/mol. The summed E-state index contributed by atoms with van der Waals surface area (Å²) in [5, 5.41) is 3.53. The lowest BCUT2D eigenvalue weighted by atomic mass is 10.2. The number of rotatable bonds is 7. The van der Waals surface area contributed by atoms with Gasteiger partial charge >= 0.3 is 0 Å². The van der Waals surface area contributed by atoms with Crippen molar-refractivity contribution in [2.24, 2.45) is 0 Å². The molecule has 4 nitrogen and oxygen atoms in total. The van der Waals surface area contributed by atoms with E-state index in [0.717, 1.165) is 12.8 Å². The average Bonchev–Trinajstić information content (AvgIpc) is 2.39. The van der Waals surface area contributed by atoms with Crippen LogP contribution in [-0.2, 0) is 16.6 Å². The van der Waals surface area contributed by atoms with Gasteiger partial charge in [0.25, 0.3) is 0 Å². The van der Waals surface area contributed by atoms with Gasteiger partial charge in [-0.1, -0.05) is 37.0 Å². The van der Waals surface area contributed by atoms with Gasteiger partial charge < -0.3 is 5.32 Å². The molecule has 0 aliphatic heterocycles. The van der Waals surface area contributed by atoms with Crippen molar-refractivity contribution >= 4 is 33.2 Å². The van der Waals surface area contributed by atoms with Gasteiger partial charge in [-0.3, -0.25) is 0 Å². The van der Waals surface area contributed by atoms with Crippen molar-refractivity contribution in [1.82, 2.24) is 10.0 Å². The second-order valence-electron chi connectivity index (χ2n) is 4.54. The summed E-state index contributed by atoms with van der Waals surface area (Å²) in [7, 11) is -1.87. The first-order chi connectivity index (χ1) is 9.35. The molecule has 2 N–H and O–H groups in total. The summed E-state index contributed by atoms with van der Waals surface area (Å²) in [5.41, 5.74) is 0.698. The summed E-state index contributed by atoms with van der Waals surface area (Å²) in [5.74, 6) is 0. The van der Waals surface area contributed by atoms with Crippen LogP contribution in [0, 0.1) is 0 Å². The van der Waals surface area contributed by atoms with Gasteiger partial charge in [0.2, 0.25) is 10.0 Å². The quantitative estimate of drug-likeness (QED) is 0.802. The van der Waals surface area contributed by atoms with Crippen LogP contribution in [0.4, 0.5) is 0 Å². The van der Waals surface area contributed by atoms with Crippen LogP contribution in [0.3, 0.4) is 0 Å². The molecule has 7 heteroatoms. The van der Waals surface area contributed by atoms with Gasteiger partial charge in [0, 0.05) is 17.6 Å². The minimum absolute atomic E-state index is 0.0701. The Labute approximate surface area is 130 Å². The molecule has 114 valence electrons. The summed E-state index contributed by atoms with van der Waals surface area (Å²) in [6.45, 7) is 4.35. The predicted octanol–water partition coefficient (Wildman–Crippen LogP) is 3.18. The number of hydrogen-bond acceptors (Lipinski definition) is 3. The average molecular weight is 339 g/mol. The van der Waals surface area contributed by atoms with Crippen LogP contribution in [0.25, 0.3) is 0 Å². The van der Waals surface area contributed by atoms with E-state index in [9.17, 15) is 8.42 Å². The van der Waals surface area contributed by atoms with E-state index in [1.165, 1.54) is 12.1 Å². The van der Waals surface area contributed by atoms with E-state index in [2.05, 4.69) is 10.0 Å². The predicted molar refractivity (Wildman–Crippen MR) is 83.9 cm³/mol. The van der Waals surface area contributed by atoms with Crippen molar-refractivity contribution in [3.05, 3.63) is 27.7 Å². The summed E-state index contributed by atoms with van der Waals surface area (Å²) in [6, 6.07) is 2.89. The van der Waals surface area contributed by atoms with Crippen LogP contribution in [0.5, 0.6) is 0 Å². The van der Waals surface area contributed by atoms with E-state index in [1.54, 1.807) is 7.05 Å². The number of halogens is 2. The molecule has 0 aliphatic carbocycles. The minimum atomic E-state index is -3.64. The highest BCUT2D eigenvalue weighted by Gasteiger charge is 2.22. The van der Waals surface area contributed by atoms with E-state index >= 15 is 0 Å². The number of nitrogens with one attached hydrogen (secondary N) is 2. The Bertz CT molecular complexity index is 558. The second kappa shape index (κ2) is 7.61. The number of benzene rings is 1. The molecule has 0 aromatic heterocycles. The van der Waals surface area contributed by atoms with Crippen LogP contribution in [0.2, 0.25) is 10.0 Å². The summed E-state index contributed by atoms with van der Waals surface area (Å²) < 4.78 is 27.4. The molecule has 0 saturated carbocycles. The molecular formula is C13H20Cl2N2O2S. The van der Waals surface area contributed by atoms with Crippen molar-refractivity contribution in [1.29, 1.82) is 0 Å². The van der Waals surface area contributed by atoms with Gasteiger partial charge in [-0.2, -0.15) is 0 Å². The first-order valence-electron chi connectivity index (χ1n) is 6.50. The highest BCUT2D eigenvalue weighted by atomic mass is 35.5. The molecule has 1 aromatic rings. The van der Waals surface area contributed by atoms with Gasteiger partial charge in [0.1, 0.15) is 4.90 Å². The zero-order valence-electron chi connectivity index (χ0n) is 11.8. The summed E-state index contributed by atoms with van der Waals surface area (Å²) >= 11 is 12.1. The topological polar surface area (TPSA) is 58.2 Å². The van der Waals surface area contributed by atoms with Crippen molar-refractivity contribution in [3.63, 3.8) is 0 Å². The third-order valence-electron chi connectivity index (χ3n) is 3.07. The Morgan fingerprint density at radius 2 is 1.75 bits per heavy atom. The lowest BCUT2D eigenvalue weighted by Crippen LogP contribution is -2.34. The van der Waals surface area contributed by atoms with E-state index in [4.69, 9.17) is 23.2 Å². The fraction of sp³-hybridized carbons (Fsp3) is 0.538. The standard InChI is InChI=1S/C13H20Cl2N2O2S/c1-4-10(5-2)17-20(18,19)13-6-9(8-16-3)11(14)7-12(13)15/h6-7,10,16-17H,4-5,8H2,1-3H3. The Balaban J connectivity index is 3.20. The molecule has 0 aliphatic rings. The highest BCUT2D eigenvalue weighted by Crippen LogP contribution is 2.29. The van der Waals surface area contributed by atoms with E-state index in [-0.39, 0.29) is 16.0 Å². The number of hydrogen-bond donors (Lipinski definition) is 2. The van der Waals surface area contributed by atoms with Gasteiger partial charge in [-0.15, -0.1) is 0 Å². The molecule has 0 fully saturated rings. The normalized spacial score (nSPS) is 12.1. The van der Waals surface area contributed by atoms with Crippen molar-refractivity contribution in [3.8, 4) is 0 Å². The second-order valence-corrected chi connectivity index (χ2v) is 7.04. The maximum Gasteiger partial charge on any atom is 0.242 e. The van der Waals surface area contributed by atoms with Crippen LogP contribution in [0.1, 0.15) is 32.3 Å². The SMILES string of the molecule is CCC(CC)NS(=O)(=O)c1cc(CNC)c(Cl)cc1Cl. The molecule has 1 aromatic carbocycles. The van der Waals surface area contributed by atoms with Crippen LogP contribution < -0.4 is 10.0 Å². The lowest BCUT2D eigenvalue weighted by molar-refractivity contribution is 0.530. The molecule has 0 amide bonds. The molecule has 0 saturated heterocycles. The zero-order chi connectivity index (χ0) is 15.3. The van der Waals surface area contributed by atoms with Crippen molar-refractivity contribution in [2.45, 2.75) is 44.2 Å². The Hall–Kier alpha value is -0.330. The molecule has 0 heterocycles. The minimum Gasteiger partial charge on any atom is -0.316 e. The van der Waals surface area contributed by atoms with E-state index in [1.807, 2.05) is 13.8 Å². The third-order valence-corrected chi connectivity index (χ3v) is 5.40. The zero-order valence-corrected chi connectivity index (χ0v) is 14.2. The van der Waals surface area contributed by atoms with Crippen molar-refractivity contribution < 1.29 is 8.42 Å². The van der Waals surface area contributed by atoms with Crippen LogP contribution in [-0.4, -0.2) is 21.5 Å². The van der Waals surface area contributed by atoms with Gasteiger partial charge in [0.15, 0.2) is 0 Å². The number of sulfonamides is 1. The summed E-state index contributed by atoms with van der Waals surface area (Å²) in [4.78, 5) is 0.0701. The molecular weight excluding hydrogens is 319 g/mol. The van der Waals surface area contributed by atoms with Gasteiger partial charge in [-0.25, -0.2) is 13.1 Å². The van der Waals surface area contributed by atoms with Gasteiger partial charge in [-0.05, 0) is 37.6 Å². The molecule has 0 atom stereocenters. The summed E-state index contributed by atoms with van der Waals surface area (Å²) in [6.07, 6.45) is 1.45. The molecule has 0 unspecified atom stereocenters. The fourth-order valence-electron chi connectivity index (χ4n) is 1.84. The Kier molecular flexibility index (Phi) is 6.75. The highest BCUT2D eigenvalue weighted by molar-refractivity contribution is 7.89. The fourth-order valence-corrected chi connectivity index (χ4v) is 4.11. The molecule has 1 rings (SSSR count). The van der Waals surface area contributed by atoms with E-state index in [0.29, 0.717) is 17.1 Å².